The molecule has 0 aromatic heterocycles. The zero-order chi connectivity index (χ0) is 12.1. The van der Waals surface area contributed by atoms with E-state index in [1.54, 1.807) is 0 Å². The highest BCUT2D eigenvalue weighted by atomic mass is 32.2. The molecular formula is C7H13NO6S. The molecular weight excluding hydrogens is 226 g/mol. The van der Waals surface area contributed by atoms with Crippen LogP contribution in [0.25, 0.3) is 0 Å². The SMILES string of the molecule is COC(=O)CS(=O)(=O)C(CCN)C(=O)O. The van der Waals surface area contributed by atoms with Crippen molar-refractivity contribution in [3.8, 4) is 0 Å². The van der Waals surface area contributed by atoms with Gasteiger partial charge in [-0.1, -0.05) is 0 Å². The first-order chi connectivity index (χ1) is 6.85. The zero-order valence-electron chi connectivity index (χ0n) is 8.17. The summed E-state index contributed by atoms with van der Waals surface area (Å²) in [6.07, 6.45) is -0.228. The van der Waals surface area contributed by atoms with Crippen LogP contribution < -0.4 is 5.73 Å². The van der Waals surface area contributed by atoms with Crippen molar-refractivity contribution in [1.82, 2.24) is 0 Å². The highest BCUT2D eigenvalue weighted by Gasteiger charge is 2.33. The highest BCUT2D eigenvalue weighted by molar-refractivity contribution is 7.93. The van der Waals surface area contributed by atoms with Crippen LogP contribution >= 0.6 is 0 Å². The van der Waals surface area contributed by atoms with Crippen molar-refractivity contribution in [3.63, 3.8) is 0 Å². The molecule has 0 bridgehead atoms. The third kappa shape index (κ3) is 4.26. The summed E-state index contributed by atoms with van der Waals surface area (Å²) in [6, 6.07) is 0. The number of carbonyl (C=O) groups is 2. The van der Waals surface area contributed by atoms with E-state index in [2.05, 4.69) is 4.74 Å². The Kier molecular flexibility index (Phi) is 5.23. The molecule has 0 aliphatic heterocycles. The molecule has 0 amide bonds. The van der Waals surface area contributed by atoms with E-state index in [9.17, 15) is 18.0 Å². The second-order valence-corrected chi connectivity index (χ2v) is 4.97. The lowest BCUT2D eigenvalue weighted by Gasteiger charge is -2.11. The fourth-order valence-electron chi connectivity index (χ4n) is 0.932. The number of carbonyl (C=O) groups excluding carboxylic acids is 1. The lowest BCUT2D eigenvalue weighted by molar-refractivity contribution is -0.137. The fourth-order valence-corrected chi connectivity index (χ4v) is 2.38. The van der Waals surface area contributed by atoms with E-state index in [4.69, 9.17) is 10.8 Å². The summed E-state index contributed by atoms with van der Waals surface area (Å²) >= 11 is 0. The molecule has 1 unspecified atom stereocenters. The van der Waals surface area contributed by atoms with Gasteiger partial charge in [-0.2, -0.15) is 0 Å². The standard InChI is InChI=1S/C7H13NO6S/c1-14-6(9)4-15(12,13)5(2-3-8)7(10)11/h5H,2-4,8H2,1H3,(H,10,11). The maximum absolute atomic E-state index is 11.4. The normalized spacial score (nSPS) is 13.2. The summed E-state index contributed by atoms with van der Waals surface area (Å²) < 4.78 is 26.9. The molecule has 0 spiro atoms. The number of carboxylic acids is 1. The molecule has 0 heterocycles. The average molecular weight is 239 g/mol. The molecule has 88 valence electrons. The Hall–Kier alpha value is -1.15. The predicted molar refractivity (Wildman–Crippen MR) is 50.9 cm³/mol. The number of aliphatic carboxylic acids is 1. The quantitative estimate of drug-likeness (QED) is 0.533. The van der Waals surface area contributed by atoms with Gasteiger partial charge in [0.2, 0.25) is 0 Å². The van der Waals surface area contributed by atoms with E-state index in [0.717, 1.165) is 7.11 Å². The molecule has 0 saturated carbocycles. The first-order valence-electron chi connectivity index (χ1n) is 4.06. The van der Waals surface area contributed by atoms with Gasteiger partial charge < -0.3 is 15.6 Å². The summed E-state index contributed by atoms with van der Waals surface area (Å²) in [5.41, 5.74) is 5.08. The van der Waals surface area contributed by atoms with Gasteiger partial charge in [-0.25, -0.2) is 8.42 Å². The fraction of sp³-hybridized carbons (Fsp3) is 0.714. The monoisotopic (exact) mass is 239 g/mol. The zero-order valence-corrected chi connectivity index (χ0v) is 8.99. The Labute approximate surface area is 87.1 Å². The molecule has 7 nitrogen and oxygen atoms in total. The number of sulfone groups is 1. The maximum Gasteiger partial charge on any atom is 0.321 e. The van der Waals surface area contributed by atoms with Crippen LogP contribution in [0.4, 0.5) is 0 Å². The second kappa shape index (κ2) is 5.66. The molecule has 15 heavy (non-hydrogen) atoms. The lowest BCUT2D eigenvalue weighted by Crippen LogP contribution is -2.36. The van der Waals surface area contributed by atoms with E-state index in [-0.39, 0.29) is 13.0 Å². The molecule has 8 heteroatoms. The maximum atomic E-state index is 11.4. The molecule has 1 atom stereocenters. The molecule has 0 aromatic rings. The molecule has 3 N–H and O–H groups in total. The van der Waals surface area contributed by atoms with Crippen LogP contribution in [-0.4, -0.2) is 50.1 Å². The Bertz CT molecular complexity index is 335. The van der Waals surface area contributed by atoms with Gasteiger partial charge in [0.25, 0.3) is 0 Å². The summed E-state index contributed by atoms with van der Waals surface area (Å²) in [6.45, 7) is -0.0859. The molecule has 0 fully saturated rings. The summed E-state index contributed by atoms with van der Waals surface area (Å²) in [7, 11) is -3.02. The van der Waals surface area contributed by atoms with Crippen molar-refractivity contribution >= 4 is 21.8 Å². The third-order valence-electron chi connectivity index (χ3n) is 1.68. The van der Waals surface area contributed by atoms with Gasteiger partial charge in [0.05, 0.1) is 7.11 Å². The number of methoxy groups -OCH3 is 1. The van der Waals surface area contributed by atoms with Crippen molar-refractivity contribution in [1.29, 1.82) is 0 Å². The van der Waals surface area contributed by atoms with Crippen LogP contribution in [-0.2, 0) is 24.2 Å². The minimum absolute atomic E-state index is 0.0859. The molecule has 0 radical (unpaired) electrons. The number of hydrogen-bond donors (Lipinski definition) is 2. The van der Waals surface area contributed by atoms with Crippen molar-refractivity contribution in [2.24, 2.45) is 5.73 Å². The van der Waals surface area contributed by atoms with Crippen LogP contribution in [0.1, 0.15) is 6.42 Å². The number of ether oxygens (including phenoxy) is 1. The van der Waals surface area contributed by atoms with E-state index in [1.165, 1.54) is 0 Å². The smallest absolute Gasteiger partial charge is 0.321 e. The Morgan fingerprint density at radius 3 is 2.33 bits per heavy atom. The Morgan fingerprint density at radius 1 is 1.47 bits per heavy atom. The van der Waals surface area contributed by atoms with Crippen molar-refractivity contribution < 1.29 is 27.9 Å². The predicted octanol–water partition coefficient (Wildman–Crippen LogP) is -1.62. The minimum atomic E-state index is -4.05. The number of esters is 1. The van der Waals surface area contributed by atoms with Crippen LogP contribution in [0.3, 0.4) is 0 Å². The Balaban J connectivity index is 4.80. The molecule has 0 aliphatic rings. The first-order valence-corrected chi connectivity index (χ1v) is 5.78. The number of nitrogens with two attached hydrogens (primary N) is 1. The second-order valence-electron chi connectivity index (χ2n) is 2.79. The van der Waals surface area contributed by atoms with Gasteiger partial charge in [0.1, 0.15) is 5.75 Å². The van der Waals surface area contributed by atoms with E-state index >= 15 is 0 Å². The third-order valence-corrected chi connectivity index (χ3v) is 3.63. The van der Waals surface area contributed by atoms with E-state index in [0.29, 0.717) is 0 Å². The average Bonchev–Trinajstić information content (AvgIpc) is 2.12. The largest absolute Gasteiger partial charge is 0.480 e. The molecule has 0 aromatic carbocycles. The lowest BCUT2D eigenvalue weighted by atomic mass is 10.3. The Morgan fingerprint density at radius 2 is 2.00 bits per heavy atom. The van der Waals surface area contributed by atoms with Gasteiger partial charge in [-0.05, 0) is 13.0 Å². The topological polar surface area (TPSA) is 124 Å². The van der Waals surface area contributed by atoms with Crippen molar-refractivity contribution in [3.05, 3.63) is 0 Å². The van der Waals surface area contributed by atoms with Gasteiger partial charge in [0.15, 0.2) is 15.1 Å². The number of carboxylic acid groups (broad SMARTS) is 1. The summed E-state index contributed by atoms with van der Waals surface area (Å²) in [4.78, 5) is 21.4. The van der Waals surface area contributed by atoms with Crippen LogP contribution in [0.2, 0.25) is 0 Å². The van der Waals surface area contributed by atoms with E-state index < -0.39 is 32.8 Å². The minimum Gasteiger partial charge on any atom is -0.480 e. The molecule has 0 aliphatic carbocycles. The van der Waals surface area contributed by atoms with Gasteiger partial charge in [-0.3, -0.25) is 9.59 Å². The summed E-state index contributed by atoms with van der Waals surface area (Å²) in [5, 5.41) is 6.99. The van der Waals surface area contributed by atoms with Crippen molar-refractivity contribution in [2.45, 2.75) is 11.7 Å². The van der Waals surface area contributed by atoms with Crippen LogP contribution in [0.5, 0.6) is 0 Å². The van der Waals surface area contributed by atoms with Crippen molar-refractivity contribution in [2.75, 3.05) is 19.4 Å². The highest BCUT2D eigenvalue weighted by Crippen LogP contribution is 2.07. The van der Waals surface area contributed by atoms with Crippen LogP contribution in [0, 0.1) is 0 Å². The summed E-state index contributed by atoms with van der Waals surface area (Å²) in [5.74, 6) is -3.44. The van der Waals surface area contributed by atoms with Gasteiger partial charge in [0, 0.05) is 0 Å². The van der Waals surface area contributed by atoms with Gasteiger partial charge >= 0.3 is 11.9 Å². The number of hydrogen-bond acceptors (Lipinski definition) is 6. The number of rotatable bonds is 6. The molecule has 0 saturated heterocycles. The van der Waals surface area contributed by atoms with Gasteiger partial charge in [-0.15, -0.1) is 0 Å². The molecule has 0 rings (SSSR count). The first kappa shape index (κ1) is 13.8. The van der Waals surface area contributed by atoms with E-state index in [1.807, 2.05) is 0 Å². The van der Waals surface area contributed by atoms with Crippen LogP contribution in [0.15, 0.2) is 0 Å².